The summed E-state index contributed by atoms with van der Waals surface area (Å²) in [6.07, 6.45) is 0.855. The Bertz CT molecular complexity index is 872. The lowest BCUT2D eigenvalue weighted by Gasteiger charge is -2.18. The minimum Gasteiger partial charge on any atom is -0.357 e. The normalized spacial score (nSPS) is 10.8. The lowest BCUT2D eigenvalue weighted by atomic mass is 10.1. The Morgan fingerprint density at radius 3 is 2.79 bits per heavy atom. The average Bonchev–Trinajstić information content (AvgIpc) is 2.96. The van der Waals surface area contributed by atoms with Crippen LogP contribution >= 0.6 is 0 Å². The molecule has 24 heavy (non-hydrogen) atoms. The van der Waals surface area contributed by atoms with Crippen LogP contribution in [0.15, 0.2) is 48.5 Å². The Morgan fingerprint density at radius 1 is 1.21 bits per heavy atom. The summed E-state index contributed by atoms with van der Waals surface area (Å²) in [5.74, 6) is -0.268. The summed E-state index contributed by atoms with van der Waals surface area (Å²) in [5.41, 5.74) is 3.64. The van der Waals surface area contributed by atoms with E-state index in [-0.39, 0.29) is 11.8 Å². The molecule has 0 atom stereocenters. The van der Waals surface area contributed by atoms with Gasteiger partial charge in [-0.15, -0.1) is 0 Å². The number of aryl methyl sites for hydroxylation is 1. The molecule has 3 aromatic rings. The molecule has 1 aromatic heterocycles. The number of hydrogen-bond donors (Lipinski definition) is 2. The first-order valence-electron chi connectivity index (χ1n) is 7.94. The molecule has 0 aliphatic carbocycles. The molecule has 0 bridgehead atoms. The van der Waals surface area contributed by atoms with Gasteiger partial charge in [0.05, 0.1) is 6.54 Å². The van der Waals surface area contributed by atoms with Gasteiger partial charge in [0.15, 0.2) is 0 Å². The number of anilines is 1. The van der Waals surface area contributed by atoms with E-state index < -0.39 is 0 Å². The number of para-hydroxylation sites is 1. The Balaban J connectivity index is 1.71. The topological polar surface area (TPSA) is 48.1 Å². The van der Waals surface area contributed by atoms with Gasteiger partial charge in [0.1, 0.15) is 5.82 Å². The molecule has 0 aliphatic heterocycles. The van der Waals surface area contributed by atoms with Gasteiger partial charge < -0.3 is 15.2 Å². The number of aromatic amines is 1. The van der Waals surface area contributed by atoms with E-state index in [0.29, 0.717) is 6.54 Å². The van der Waals surface area contributed by atoms with Crippen LogP contribution < -0.4 is 5.32 Å². The number of urea groups is 1. The lowest BCUT2D eigenvalue weighted by molar-refractivity contribution is 0.220. The van der Waals surface area contributed by atoms with Crippen LogP contribution in [0.3, 0.4) is 0 Å². The number of nitrogens with one attached hydrogen (secondary N) is 2. The van der Waals surface area contributed by atoms with Gasteiger partial charge in [-0.05, 0) is 42.3 Å². The zero-order valence-corrected chi connectivity index (χ0v) is 13.8. The van der Waals surface area contributed by atoms with Crippen molar-refractivity contribution in [3.05, 3.63) is 65.6 Å². The molecule has 0 radical (unpaired) electrons. The summed E-state index contributed by atoms with van der Waals surface area (Å²) in [5, 5.41) is 3.74. The molecule has 2 aromatic carbocycles. The highest BCUT2D eigenvalue weighted by molar-refractivity contribution is 5.90. The van der Waals surface area contributed by atoms with Crippen molar-refractivity contribution in [1.29, 1.82) is 0 Å². The second-order valence-corrected chi connectivity index (χ2v) is 5.82. The third kappa shape index (κ3) is 3.40. The van der Waals surface area contributed by atoms with Crippen molar-refractivity contribution in [2.75, 3.05) is 12.4 Å². The number of benzene rings is 2. The highest BCUT2D eigenvalue weighted by Gasteiger charge is 2.12. The van der Waals surface area contributed by atoms with Crippen LogP contribution in [-0.4, -0.2) is 23.0 Å². The molecule has 2 N–H and O–H groups in total. The Hall–Kier alpha value is -2.82. The fourth-order valence-corrected chi connectivity index (χ4v) is 2.74. The number of halogens is 1. The smallest absolute Gasteiger partial charge is 0.321 e. The van der Waals surface area contributed by atoms with E-state index in [2.05, 4.69) is 17.2 Å². The molecule has 4 nitrogen and oxygen atoms in total. The molecular weight excluding hydrogens is 305 g/mol. The molecule has 0 spiro atoms. The van der Waals surface area contributed by atoms with Crippen LogP contribution in [0.25, 0.3) is 10.9 Å². The highest BCUT2D eigenvalue weighted by Crippen LogP contribution is 2.19. The minimum atomic E-state index is -0.268. The van der Waals surface area contributed by atoms with Gasteiger partial charge >= 0.3 is 6.03 Å². The summed E-state index contributed by atoms with van der Waals surface area (Å²) in [6, 6.07) is 14.0. The van der Waals surface area contributed by atoms with E-state index in [1.165, 1.54) is 12.1 Å². The molecule has 0 saturated heterocycles. The van der Waals surface area contributed by atoms with Crippen molar-refractivity contribution < 1.29 is 9.18 Å². The first-order chi connectivity index (χ1) is 11.6. The van der Waals surface area contributed by atoms with Crippen molar-refractivity contribution in [2.24, 2.45) is 0 Å². The van der Waals surface area contributed by atoms with Gasteiger partial charge in [0.2, 0.25) is 0 Å². The average molecular weight is 325 g/mol. The predicted octanol–water partition coefficient (Wildman–Crippen LogP) is 4.53. The fraction of sp³-hybridized carbons (Fsp3) is 0.211. The number of aromatic nitrogens is 1. The molecule has 5 heteroatoms. The number of rotatable bonds is 4. The maximum atomic E-state index is 13.3. The summed E-state index contributed by atoms with van der Waals surface area (Å²) < 4.78 is 13.3. The van der Waals surface area contributed by atoms with Crippen molar-refractivity contribution in [3.8, 4) is 0 Å². The van der Waals surface area contributed by atoms with Crippen LogP contribution in [0.1, 0.15) is 18.2 Å². The Labute approximate surface area is 140 Å². The summed E-state index contributed by atoms with van der Waals surface area (Å²) in [6.45, 7) is 2.47. The van der Waals surface area contributed by atoms with Crippen molar-refractivity contribution in [3.63, 3.8) is 0 Å². The third-order valence-corrected chi connectivity index (χ3v) is 4.03. The number of hydrogen-bond acceptors (Lipinski definition) is 1. The molecule has 0 saturated carbocycles. The number of carbonyl (C=O) groups excluding carboxylic acids is 1. The molecule has 0 fully saturated rings. The molecule has 1 heterocycles. The second kappa shape index (κ2) is 6.74. The summed E-state index contributed by atoms with van der Waals surface area (Å²) >= 11 is 0. The van der Waals surface area contributed by atoms with Crippen LogP contribution in [0.2, 0.25) is 0 Å². The van der Waals surface area contributed by atoms with Crippen molar-refractivity contribution >= 4 is 22.6 Å². The van der Waals surface area contributed by atoms with Crippen LogP contribution in [0, 0.1) is 5.82 Å². The molecule has 124 valence electrons. The standard InChI is InChI=1S/C19H20FN3O/c1-3-13-6-4-5-7-17(13)22-19(24)23(2)12-16-11-14-10-15(20)8-9-18(14)21-16/h4-11,21H,3,12H2,1-2H3,(H,22,24). The minimum absolute atomic E-state index is 0.180. The second-order valence-electron chi connectivity index (χ2n) is 5.82. The summed E-state index contributed by atoms with van der Waals surface area (Å²) in [4.78, 5) is 17.2. The van der Waals surface area contributed by atoms with E-state index in [9.17, 15) is 9.18 Å². The zero-order valence-electron chi connectivity index (χ0n) is 13.8. The largest absolute Gasteiger partial charge is 0.357 e. The van der Waals surface area contributed by atoms with Gasteiger partial charge in [-0.3, -0.25) is 0 Å². The lowest BCUT2D eigenvalue weighted by Crippen LogP contribution is -2.31. The first-order valence-corrected chi connectivity index (χ1v) is 7.94. The molecule has 0 unspecified atom stereocenters. The number of nitrogens with zero attached hydrogens (tertiary/aromatic N) is 1. The van der Waals surface area contributed by atoms with Crippen LogP contribution in [0.5, 0.6) is 0 Å². The summed E-state index contributed by atoms with van der Waals surface area (Å²) in [7, 11) is 1.73. The van der Waals surface area contributed by atoms with Crippen LogP contribution in [0.4, 0.5) is 14.9 Å². The highest BCUT2D eigenvalue weighted by atomic mass is 19.1. The third-order valence-electron chi connectivity index (χ3n) is 4.03. The predicted molar refractivity (Wildman–Crippen MR) is 94.6 cm³/mol. The van der Waals surface area contributed by atoms with Gasteiger partial charge in [-0.2, -0.15) is 0 Å². The molecule has 0 aliphatic rings. The van der Waals surface area contributed by atoms with Crippen molar-refractivity contribution in [1.82, 2.24) is 9.88 Å². The Morgan fingerprint density at radius 2 is 2.00 bits per heavy atom. The monoisotopic (exact) mass is 325 g/mol. The van der Waals surface area contributed by atoms with Gasteiger partial charge in [-0.1, -0.05) is 25.1 Å². The number of H-pyrrole nitrogens is 1. The maximum Gasteiger partial charge on any atom is 0.321 e. The number of amides is 2. The molecular formula is C19H20FN3O. The van der Waals surface area contributed by atoms with Crippen LogP contribution in [-0.2, 0) is 13.0 Å². The molecule has 2 amide bonds. The van der Waals surface area contributed by atoms with E-state index in [4.69, 9.17) is 0 Å². The first kappa shape index (κ1) is 16.1. The van der Waals surface area contributed by atoms with Crippen molar-refractivity contribution in [2.45, 2.75) is 19.9 Å². The Kier molecular flexibility index (Phi) is 4.51. The van der Waals surface area contributed by atoms with Gasteiger partial charge in [0.25, 0.3) is 0 Å². The molecule has 3 rings (SSSR count). The number of carbonyl (C=O) groups is 1. The van der Waals surface area contributed by atoms with Gasteiger partial charge in [-0.25, -0.2) is 9.18 Å². The van der Waals surface area contributed by atoms with E-state index in [1.54, 1.807) is 18.0 Å². The van der Waals surface area contributed by atoms with E-state index in [1.807, 2.05) is 30.3 Å². The van der Waals surface area contributed by atoms with Gasteiger partial charge in [0, 0.05) is 29.3 Å². The van der Waals surface area contributed by atoms with E-state index in [0.717, 1.165) is 34.3 Å². The quantitative estimate of drug-likeness (QED) is 0.727. The zero-order chi connectivity index (χ0) is 17.1. The SMILES string of the molecule is CCc1ccccc1NC(=O)N(C)Cc1cc2cc(F)ccc2[nH]1. The van der Waals surface area contributed by atoms with E-state index >= 15 is 0 Å². The number of fused-ring (bicyclic) bond motifs is 1. The fourth-order valence-electron chi connectivity index (χ4n) is 2.74. The maximum absolute atomic E-state index is 13.3.